The molecule has 0 aliphatic carbocycles. The van der Waals surface area contributed by atoms with Crippen LogP contribution in [0.15, 0.2) is 0 Å². The molecular weight excluding hydrogens is 257 g/mol. The van der Waals surface area contributed by atoms with Crippen molar-refractivity contribution in [3.63, 3.8) is 0 Å². The monoisotopic (exact) mass is 256 g/mol. The fourth-order valence-electron chi connectivity index (χ4n) is 0. The van der Waals surface area contributed by atoms with Gasteiger partial charge in [0.05, 0.1) is 0 Å². The van der Waals surface area contributed by atoms with E-state index in [-0.39, 0.29) is 74.2 Å². The molecule has 0 spiro atoms. The average molecular weight is 257 g/mol. The van der Waals surface area contributed by atoms with Gasteiger partial charge in [0, 0.05) is 41.5 Å². The molecule has 0 atom stereocenters. The molecule has 0 N–H and O–H groups in total. The largest absolute Gasteiger partial charge is 4.00 e. The minimum atomic E-state index is 0. The second-order valence-electron chi connectivity index (χ2n) is 0. The smallest absolute Gasteiger partial charge is 2.00 e. The second kappa shape index (κ2) is 38.0. The van der Waals surface area contributed by atoms with E-state index in [9.17, 15) is 0 Å². The van der Waals surface area contributed by atoms with Gasteiger partial charge in [-0.3, -0.25) is 0 Å². The Hall–Kier alpha value is 1.97. The summed E-state index contributed by atoms with van der Waals surface area (Å²) in [6.45, 7) is 0. The summed E-state index contributed by atoms with van der Waals surface area (Å²) in [7, 11) is 0. The van der Waals surface area contributed by atoms with Gasteiger partial charge in [-0.25, -0.2) is 0 Å². The Morgan fingerprint density at radius 3 is 0.800 bits per heavy atom. The molecule has 0 heterocycles. The van der Waals surface area contributed by atoms with Gasteiger partial charge in [0.15, 0.2) is 0 Å². The zero-order valence-electron chi connectivity index (χ0n) is 2.14. The maximum Gasteiger partial charge on any atom is 4.00 e. The first-order valence-electron chi connectivity index (χ1n) is 0. The molecule has 28 valence electrons. The summed E-state index contributed by atoms with van der Waals surface area (Å²) in [5.74, 6) is 0. The number of hydrogen-bond acceptors (Lipinski definition) is 0. The Labute approximate surface area is 73.5 Å². The van der Waals surface area contributed by atoms with E-state index < -0.39 is 0 Å². The Balaban J connectivity index is 0. The molecule has 2 nitrogen and oxygen atoms in total. The molecule has 0 aliphatic rings. The van der Waals surface area contributed by atoms with E-state index in [1.807, 2.05) is 0 Å². The summed E-state index contributed by atoms with van der Waals surface area (Å²) < 4.78 is 0. The van der Waals surface area contributed by atoms with Crippen LogP contribution < -0.4 is 0 Å². The van der Waals surface area contributed by atoms with Gasteiger partial charge in [-0.1, -0.05) is 0 Å². The molecule has 0 aromatic heterocycles. The molecule has 5 heteroatoms. The van der Waals surface area contributed by atoms with Crippen molar-refractivity contribution in [1.82, 2.24) is 0 Å². The molecule has 0 fully saturated rings. The van der Waals surface area contributed by atoms with Crippen LogP contribution in [0.5, 0.6) is 0 Å². The van der Waals surface area contributed by atoms with Crippen molar-refractivity contribution in [2.24, 2.45) is 0 Å². The third-order valence-electron chi connectivity index (χ3n) is 0. The van der Waals surface area contributed by atoms with E-state index in [1.54, 1.807) is 0 Å². The minimum Gasteiger partial charge on any atom is -2.00 e. The Morgan fingerprint density at radius 1 is 0.800 bits per heavy atom. The Morgan fingerprint density at radius 2 is 0.800 bits per heavy atom. The maximum absolute atomic E-state index is 0. The number of rotatable bonds is 0. The topological polar surface area (TPSA) is 57.0 Å². The van der Waals surface area contributed by atoms with Gasteiger partial charge in [-0.15, -0.1) is 0 Å². The normalized spacial score (nSPS) is 0. The molecule has 0 aromatic carbocycles. The van der Waals surface area contributed by atoms with Crippen LogP contribution in [0.2, 0.25) is 0 Å². The molecule has 0 aromatic rings. The summed E-state index contributed by atoms with van der Waals surface area (Å²) in [6.07, 6.45) is 0. The average Bonchev–Trinajstić information content (AvgIpc) is 0. The van der Waals surface area contributed by atoms with Gasteiger partial charge in [-0.05, 0) is 0 Å². The first-order valence-corrected chi connectivity index (χ1v) is 0. The molecule has 5 heavy (non-hydrogen) atoms. The molecule has 0 saturated heterocycles. The molecular formula is MnO2SbTi. The van der Waals surface area contributed by atoms with E-state index >= 15 is 0 Å². The zero-order chi connectivity index (χ0) is 0. The van der Waals surface area contributed by atoms with E-state index in [4.69, 9.17) is 0 Å². The summed E-state index contributed by atoms with van der Waals surface area (Å²) in [5.41, 5.74) is 0. The maximum atomic E-state index is 0. The first-order chi connectivity index (χ1) is 0. The van der Waals surface area contributed by atoms with Crippen LogP contribution in [0, 0.1) is 0 Å². The summed E-state index contributed by atoms with van der Waals surface area (Å²) in [6, 6.07) is 0. The van der Waals surface area contributed by atoms with Crippen molar-refractivity contribution >= 4 is 24.4 Å². The second-order valence-corrected chi connectivity index (χ2v) is 0. The van der Waals surface area contributed by atoms with Crippen LogP contribution in [-0.4, -0.2) is 24.4 Å². The van der Waals surface area contributed by atoms with Crippen molar-refractivity contribution in [3.05, 3.63) is 0 Å². The van der Waals surface area contributed by atoms with Gasteiger partial charge >= 0.3 is 21.7 Å². The van der Waals surface area contributed by atoms with E-state index in [0.717, 1.165) is 0 Å². The van der Waals surface area contributed by atoms with Crippen LogP contribution in [0.25, 0.3) is 0 Å². The third kappa shape index (κ3) is 24.2. The molecule has 0 amide bonds. The predicted octanol–water partition coefficient (Wildman–Crippen LogP) is -0.623. The van der Waals surface area contributed by atoms with Crippen molar-refractivity contribution in [2.75, 3.05) is 0 Å². The van der Waals surface area contributed by atoms with E-state index in [1.165, 1.54) is 0 Å². The summed E-state index contributed by atoms with van der Waals surface area (Å²) >= 11 is 0. The molecule has 0 aliphatic heterocycles. The Bertz CT molecular complexity index is 9.61. The van der Waals surface area contributed by atoms with Crippen LogP contribution in [-0.2, 0) is 49.7 Å². The van der Waals surface area contributed by atoms with E-state index in [2.05, 4.69) is 0 Å². The van der Waals surface area contributed by atoms with Crippen LogP contribution >= 0.6 is 0 Å². The zero-order valence-corrected chi connectivity index (χ0v) is 7.44. The van der Waals surface area contributed by atoms with Crippen molar-refractivity contribution in [2.45, 2.75) is 0 Å². The minimum absolute atomic E-state index is 0. The molecule has 4 radical (unpaired) electrons. The van der Waals surface area contributed by atoms with Crippen molar-refractivity contribution in [3.8, 4) is 0 Å². The molecule has 0 bridgehead atoms. The van der Waals surface area contributed by atoms with Crippen LogP contribution in [0.3, 0.4) is 0 Å². The fourth-order valence-corrected chi connectivity index (χ4v) is 0. The molecule has 0 unspecified atom stereocenters. The van der Waals surface area contributed by atoms with E-state index in [0.29, 0.717) is 0 Å². The molecule has 0 rings (SSSR count). The van der Waals surface area contributed by atoms with Gasteiger partial charge < -0.3 is 11.0 Å². The summed E-state index contributed by atoms with van der Waals surface area (Å²) in [4.78, 5) is 0. The van der Waals surface area contributed by atoms with Gasteiger partial charge in [0.1, 0.15) is 0 Å². The Kier molecular flexibility index (Phi) is 486. The van der Waals surface area contributed by atoms with Crippen molar-refractivity contribution < 1.29 is 49.7 Å². The SMILES string of the molecule is [Mn].[O-2].[O-2].[Sb].[Ti+4]. The fraction of sp³-hybridized carbons (Fsp3) is 0. The van der Waals surface area contributed by atoms with Gasteiger partial charge in [0.2, 0.25) is 0 Å². The quantitative estimate of drug-likeness (QED) is 0.519. The standard InChI is InChI=1S/Mn.2O.Sb.Ti/q;2*-2;;+4. The van der Waals surface area contributed by atoms with Crippen LogP contribution in [0.1, 0.15) is 0 Å². The van der Waals surface area contributed by atoms with Gasteiger partial charge in [0.25, 0.3) is 0 Å². The predicted molar refractivity (Wildman–Crippen MR) is 7.13 cm³/mol. The first kappa shape index (κ1) is 63.9. The molecule has 0 saturated carbocycles. The van der Waals surface area contributed by atoms with Gasteiger partial charge in [-0.2, -0.15) is 0 Å². The summed E-state index contributed by atoms with van der Waals surface area (Å²) in [5, 5.41) is 0. The number of hydrogen-bond donors (Lipinski definition) is 0. The van der Waals surface area contributed by atoms with Crippen molar-refractivity contribution in [1.29, 1.82) is 0 Å². The van der Waals surface area contributed by atoms with Crippen LogP contribution in [0.4, 0.5) is 0 Å². The third-order valence-corrected chi connectivity index (χ3v) is 0.